The SMILES string of the molecule is COC(=O)C(=[N+]=[N-])C(=O)C1[C@H]2Cc3ccccc3C[C@@H]12. The molecule has 2 aliphatic rings. The van der Waals surface area contributed by atoms with E-state index in [2.05, 4.69) is 21.7 Å². The maximum atomic E-state index is 12.3. The van der Waals surface area contributed by atoms with E-state index in [0.29, 0.717) is 0 Å². The van der Waals surface area contributed by atoms with Gasteiger partial charge in [-0.1, -0.05) is 24.3 Å². The number of rotatable bonds is 3. The van der Waals surface area contributed by atoms with Crippen LogP contribution in [0.15, 0.2) is 24.3 Å². The van der Waals surface area contributed by atoms with Crippen molar-refractivity contribution in [2.75, 3.05) is 7.11 Å². The van der Waals surface area contributed by atoms with Crippen LogP contribution in [0.25, 0.3) is 5.53 Å². The van der Waals surface area contributed by atoms with Crippen LogP contribution in [-0.4, -0.2) is 29.4 Å². The van der Waals surface area contributed by atoms with Crippen LogP contribution in [0.5, 0.6) is 0 Å². The Balaban J connectivity index is 1.79. The number of carbonyl (C=O) groups excluding carboxylic acids is 2. The number of esters is 1. The highest BCUT2D eigenvalue weighted by molar-refractivity contribution is 6.63. The normalized spacial score (nSPS) is 25.8. The van der Waals surface area contributed by atoms with Crippen LogP contribution in [0.2, 0.25) is 0 Å². The minimum Gasteiger partial charge on any atom is -0.460 e. The fourth-order valence-corrected chi connectivity index (χ4v) is 3.30. The number of nitrogens with zero attached hydrogens (tertiary/aromatic N) is 2. The zero-order valence-electron chi connectivity index (χ0n) is 11.1. The van der Waals surface area contributed by atoms with Crippen LogP contribution in [0, 0.1) is 17.8 Å². The van der Waals surface area contributed by atoms with Crippen molar-refractivity contribution in [2.45, 2.75) is 12.8 Å². The van der Waals surface area contributed by atoms with Crippen molar-refractivity contribution in [2.24, 2.45) is 17.8 Å². The topological polar surface area (TPSA) is 79.8 Å². The van der Waals surface area contributed by atoms with Gasteiger partial charge in [0, 0.05) is 5.92 Å². The third-order valence-electron chi connectivity index (χ3n) is 4.38. The van der Waals surface area contributed by atoms with Gasteiger partial charge in [0.05, 0.1) is 7.11 Å². The Morgan fingerprint density at radius 1 is 1.20 bits per heavy atom. The van der Waals surface area contributed by atoms with E-state index in [-0.39, 0.29) is 17.8 Å². The summed E-state index contributed by atoms with van der Waals surface area (Å²) in [7, 11) is 1.16. The van der Waals surface area contributed by atoms with Gasteiger partial charge in [-0.2, -0.15) is 4.79 Å². The monoisotopic (exact) mass is 270 g/mol. The summed E-state index contributed by atoms with van der Waals surface area (Å²) in [6.07, 6.45) is 1.69. The molecule has 102 valence electrons. The van der Waals surface area contributed by atoms with Crippen LogP contribution >= 0.6 is 0 Å². The van der Waals surface area contributed by atoms with Gasteiger partial charge < -0.3 is 10.3 Å². The van der Waals surface area contributed by atoms with Gasteiger partial charge in [0.25, 0.3) is 5.78 Å². The van der Waals surface area contributed by atoms with Crippen LogP contribution in [-0.2, 0) is 27.2 Å². The second-order valence-corrected chi connectivity index (χ2v) is 5.33. The number of fused-ring (bicyclic) bond motifs is 2. The predicted molar refractivity (Wildman–Crippen MR) is 70.0 cm³/mol. The Morgan fingerprint density at radius 3 is 2.20 bits per heavy atom. The Morgan fingerprint density at radius 2 is 1.75 bits per heavy atom. The molecule has 0 radical (unpaired) electrons. The smallest absolute Gasteiger partial charge is 0.441 e. The summed E-state index contributed by atoms with van der Waals surface area (Å²) in [4.78, 5) is 26.5. The van der Waals surface area contributed by atoms with Gasteiger partial charge in [-0.15, -0.1) is 0 Å². The van der Waals surface area contributed by atoms with Crippen molar-refractivity contribution in [3.63, 3.8) is 0 Å². The molecule has 0 saturated heterocycles. The maximum absolute atomic E-state index is 12.3. The van der Waals surface area contributed by atoms with Gasteiger partial charge >= 0.3 is 11.7 Å². The molecule has 0 aliphatic heterocycles. The van der Waals surface area contributed by atoms with E-state index in [4.69, 9.17) is 5.53 Å². The largest absolute Gasteiger partial charge is 0.460 e. The molecule has 0 heterocycles. The lowest BCUT2D eigenvalue weighted by Gasteiger charge is -2.13. The maximum Gasteiger partial charge on any atom is 0.441 e. The van der Waals surface area contributed by atoms with Crippen molar-refractivity contribution in [1.29, 1.82) is 0 Å². The molecule has 0 aromatic heterocycles. The molecule has 1 saturated carbocycles. The van der Waals surface area contributed by atoms with Gasteiger partial charge in [-0.05, 0) is 35.8 Å². The molecule has 3 rings (SSSR count). The minimum absolute atomic E-state index is 0.229. The molecule has 5 heteroatoms. The first-order valence-electron chi connectivity index (χ1n) is 6.58. The first-order valence-corrected chi connectivity index (χ1v) is 6.58. The van der Waals surface area contributed by atoms with E-state index < -0.39 is 17.5 Å². The van der Waals surface area contributed by atoms with E-state index in [1.165, 1.54) is 11.1 Å². The number of Topliss-reactive ketones (excluding diaryl/α,β-unsaturated/α-hetero) is 1. The number of ketones is 1. The zero-order valence-corrected chi connectivity index (χ0v) is 11.1. The molecular formula is C15H14N2O3. The van der Waals surface area contributed by atoms with E-state index in [0.717, 1.165) is 20.0 Å². The number of ether oxygens (including phenoxy) is 1. The van der Waals surface area contributed by atoms with Gasteiger partial charge in [-0.25, -0.2) is 4.79 Å². The number of carbonyl (C=O) groups is 2. The molecule has 1 fully saturated rings. The molecular weight excluding hydrogens is 256 g/mol. The summed E-state index contributed by atoms with van der Waals surface area (Å²) in [5.41, 5.74) is 10.9. The number of benzene rings is 1. The second kappa shape index (κ2) is 4.69. The van der Waals surface area contributed by atoms with Gasteiger partial charge in [0.1, 0.15) is 0 Å². The highest BCUT2D eigenvalue weighted by Crippen LogP contribution is 2.54. The molecule has 0 N–H and O–H groups in total. The predicted octanol–water partition coefficient (Wildman–Crippen LogP) is 1.06. The van der Waals surface area contributed by atoms with E-state index in [9.17, 15) is 9.59 Å². The average Bonchev–Trinajstić information content (AvgIpc) is 3.17. The summed E-state index contributed by atoms with van der Waals surface area (Å²) in [5.74, 6) is -1.01. The molecule has 2 aliphatic carbocycles. The molecule has 0 amide bonds. The zero-order chi connectivity index (χ0) is 14.3. The first-order chi connectivity index (χ1) is 9.67. The van der Waals surface area contributed by atoms with Crippen molar-refractivity contribution in [1.82, 2.24) is 0 Å². The molecule has 1 aromatic rings. The van der Waals surface area contributed by atoms with Gasteiger partial charge in [-0.3, -0.25) is 4.79 Å². The van der Waals surface area contributed by atoms with E-state index in [1.807, 2.05) is 12.1 Å². The molecule has 0 spiro atoms. The summed E-state index contributed by atoms with van der Waals surface area (Å²) in [6.45, 7) is 0. The Bertz CT molecular complexity index is 615. The van der Waals surface area contributed by atoms with Crippen LogP contribution in [0.1, 0.15) is 11.1 Å². The molecule has 1 unspecified atom stereocenters. The lowest BCUT2D eigenvalue weighted by atomic mass is 9.92. The summed E-state index contributed by atoms with van der Waals surface area (Å²) >= 11 is 0. The molecule has 1 aromatic carbocycles. The Hall–Kier alpha value is -2.26. The summed E-state index contributed by atoms with van der Waals surface area (Å²) < 4.78 is 4.47. The Labute approximate surface area is 116 Å². The molecule has 20 heavy (non-hydrogen) atoms. The average molecular weight is 270 g/mol. The standard InChI is InChI=1S/C15H14N2O3/c1-20-15(19)13(17-16)14(18)12-10-6-8-4-2-3-5-9(8)7-11(10)12/h2-5,10-12H,6-7H2,1H3/t10-,11+,12?. The van der Waals surface area contributed by atoms with Crippen molar-refractivity contribution >= 4 is 17.5 Å². The van der Waals surface area contributed by atoms with E-state index in [1.54, 1.807) is 0 Å². The molecule has 5 nitrogen and oxygen atoms in total. The quantitative estimate of drug-likeness (QED) is 0.271. The fraction of sp³-hybridized carbons (Fsp3) is 0.400. The van der Waals surface area contributed by atoms with E-state index >= 15 is 0 Å². The van der Waals surface area contributed by atoms with Crippen molar-refractivity contribution in [3.05, 3.63) is 40.9 Å². The van der Waals surface area contributed by atoms with Gasteiger partial charge in [0.15, 0.2) is 0 Å². The number of methoxy groups -OCH3 is 1. The third kappa shape index (κ3) is 1.87. The second-order valence-electron chi connectivity index (χ2n) is 5.33. The van der Waals surface area contributed by atoms with Crippen LogP contribution in [0.3, 0.4) is 0 Å². The lowest BCUT2D eigenvalue weighted by Crippen LogP contribution is -2.28. The highest BCUT2D eigenvalue weighted by Gasteiger charge is 2.59. The summed E-state index contributed by atoms with van der Waals surface area (Å²) in [6, 6.07) is 8.14. The highest BCUT2D eigenvalue weighted by atomic mass is 16.5. The first kappa shape index (κ1) is 12.8. The van der Waals surface area contributed by atoms with Crippen molar-refractivity contribution < 1.29 is 19.1 Å². The van der Waals surface area contributed by atoms with Crippen molar-refractivity contribution in [3.8, 4) is 0 Å². The molecule has 3 atom stereocenters. The lowest BCUT2D eigenvalue weighted by molar-refractivity contribution is -0.140. The molecule has 0 bridgehead atoms. The number of hydrogen-bond acceptors (Lipinski definition) is 3. The van der Waals surface area contributed by atoms with Crippen LogP contribution in [0.4, 0.5) is 0 Å². The number of hydrogen-bond donors (Lipinski definition) is 0. The fourth-order valence-electron chi connectivity index (χ4n) is 3.30. The Kier molecular flexibility index (Phi) is 2.99. The third-order valence-corrected chi connectivity index (χ3v) is 4.38. The summed E-state index contributed by atoms with van der Waals surface area (Å²) in [5, 5.41) is 0. The van der Waals surface area contributed by atoms with Crippen LogP contribution < -0.4 is 0 Å². The van der Waals surface area contributed by atoms with Gasteiger partial charge in [0.2, 0.25) is 0 Å². The minimum atomic E-state index is -0.876.